The van der Waals surface area contributed by atoms with Crippen LogP contribution in [0.3, 0.4) is 0 Å². The maximum atomic E-state index is 8.17. The summed E-state index contributed by atoms with van der Waals surface area (Å²) >= 11 is 10.6. The highest BCUT2D eigenvalue weighted by Crippen LogP contribution is 2.24. The Kier molecular flexibility index (Phi) is 1.24. The van der Waals surface area contributed by atoms with Crippen molar-refractivity contribution in [2.75, 3.05) is 0 Å². The van der Waals surface area contributed by atoms with Gasteiger partial charge in [0.05, 0.1) is 0 Å². The van der Waals surface area contributed by atoms with Gasteiger partial charge in [-0.25, -0.2) is 4.99 Å². The van der Waals surface area contributed by atoms with Gasteiger partial charge in [-0.15, -0.1) is 0 Å². The standard InChI is InChI=1S/C4Cl2N2/c5-3-2(1-7)4(6)8-3. The zero-order valence-electron chi connectivity index (χ0n) is 3.65. The van der Waals surface area contributed by atoms with Crippen molar-refractivity contribution in [3.63, 3.8) is 0 Å². The van der Waals surface area contributed by atoms with Crippen LogP contribution < -0.4 is 0 Å². The summed E-state index contributed by atoms with van der Waals surface area (Å²) in [5.41, 5.74) is 0.285. The first-order chi connectivity index (χ1) is 3.75. The molecule has 0 saturated heterocycles. The monoisotopic (exact) mass is 146 g/mol. The Morgan fingerprint density at radius 3 is 2.25 bits per heavy atom. The van der Waals surface area contributed by atoms with Crippen molar-refractivity contribution >= 4 is 28.4 Å². The fourth-order valence-electron chi connectivity index (χ4n) is 0.322. The Balaban J connectivity index is 2.84. The number of aliphatic imine (C=N–C) groups is 1. The van der Waals surface area contributed by atoms with Crippen LogP contribution in [-0.4, -0.2) is 5.17 Å². The van der Waals surface area contributed by atoms with Crippen LogP contribution in [0.25, 0.3) is 0 Å². The minimum atomic E-state index is 0.206. The minimum absolute atomic E-state index is 0.206. The van der Waals surface area contributed by atoms with Gasteiger partial charge in [0, 0.05) is 0 Å². The molecule has 1 aliphatic heterocycles. The smallest absolute Gasteiger partial charge is 0.151 e. The fraction of sp³-hybridized carbons (Fsp3) is 0. The van der Waals surface area contributed by atoms with Gasteiger partial charge in [0.15, 0.2) is 10.3 Å². The molecular formula is C4Cl2N2. The molecule has 0 aromatic rings. The minimum Gasteiger partial charge on any atom is -0.221 e. The van der Waals surface area contributed by atoms with Gasteiger partial charge in [0.1, 0.15) is 11.6 Å². The second kappa shape index (κ2) is 1.77. The zero-order valence-corrected chi connectivity index (χ0v) is 5.16. The van der Waals surface area contributed by atoms with Crippen LogP contribution in [0.1, 0.15) is 0 Å². The summed E-state index contributed by atoms with van der Waals surface area (Å²) in [5, 5.41) is 8.58. The van der Waals surface area contributed by atoms with Gasteiger partial charge in [0.25, 0.3) is 0 Å². The van der Waals surface area contributed by atoms with Crippen molar-refractivity contribution < 1.29 is 0 Å². The third-order valence-electron chi connectivity index (χ3n) is 0.721. The molecular weight excluding hydrogens is 147 g/mol. The number of nitrogens with zero attached hydrogens (tertiary/aromatic N) is 2. The lowest BCUT2D eigenvalue weighted by molar-refractivity contribution is 1.39. The molecule has 1 aliphatic rings. The maximum Gasteiger partial charge on any atom is 0.151 e. The highest BCUT2D eigenvalue weighted by molar-refractivity contribution is 6.73. The first-order valence-electron chi connectivity index (χ1n) is 1.80. The summed E-state index contributed by atoms with van der Waals surface area (Å²) in [6, 6.07) is 1.79. The van der Waals surface area contributed by atoms with Crippen molar-refractivity contribution in [2.45, 2.75) is 0 Å². The second-order valence-electron chi connectivity index (χ2n) is 1.18. The normalized spacial score (nSPS) is 16.9. The second-order valence-corrected chi connectivity index (χ2v) is 1.90. The van der Waals surface area contributed by atoms with Crippen LogP contribution in [0.2, 0.25) is 0 Å². The van der Waals surface area contributed by atoms with E-state index in [1.54, 1.807) is 6.07 Å². The SMILES string of the molecule is N#CC1=C(Cl)N=C1Cl. The molecule has 0 fully saturated rings. The summed E-state index contributed by atoms with van der Waals surface area (Å²) < 4.78 is 0. The summed E-state index contributed by atoms with van der Waals surface area (Å²) in [6.45, 7) is 0. The summed E-state index contributed by atoms with van der Waals surface area (Å²) in [6.07, 6.45) is 0. The summed E-state index contributed by atoms with van der Waals surface area (Å²) in [4.78, 5) is 3.48. The first-order valence-corrected chi connectivity index (χ1v) is 2.55. The van der Waals surface area contributed by atoms with E-state index >= 15 is 0 Å². The van der Waals surface area contributed by atoms with Crippen molar-refractivity contribution in [3.05, 3.63) is 10.7 Å². The third kappa shape index (κ3) is 0.605. The third-order valence-corrected chi connectivity index (χ3v) is 1.27. The van der Waals surface area contributed by atoms with Gasteiger partial charge >= 0.3 is 0 Å². The largest absolute Gasteiger partial charge is 0.221 e. The highest BCUT2D eigenvalue weighted by Gasteiger charge is 2.17. The Morgan fingerprint density at radius 2 is 2.12 bits per heavy atom. The number of allylic oxidation sites excluding steroid dienone is 1. The zero-order chi connectivity index (χ0) is 6.15. The number of halogens is 2. The Hall–Kier alpha value is -0.520. The molecule has 0 bridgehead atoms. The lowest BCUT2D eigenvalue weighted by Gasteiger charge is -2.04. The predicted octanol–water partition coefficient (Wildman–Crippen LogP) is 1.61. The number of rotatable bonds is 0. The van der Waals surface area contributed by atoms with E-state index in [0.29, 0.717) is 0 Å². The summed E-state index contributed by atoms with van der Waals surface area (Å²) in [5.74, 6) is 0. The topological polar surface area (TPSA) is 36.1 Å². The van der Waals surface area contributed by atoms with Crippen molar-refractivity contribution in [3.8, 4) is 6.07 Å². The van der Waals surface area contributed by atoms with Gasteiger partial charge in [-0.2, -0.15) is 5.26 Å². The molecule has 0 atom stereocenters. The van der Waals surface area contributed by atoms with Crippen LogP contribution >= 0.6 is 23.2 Å². The molecule has 0 radical (unpaired) electrons. The summed E-state index contributed by atoms with van der Waals surface area (Å²) in [7, 11) is 0. The van der Waals surface area contributed by atoms with E-state index in [1.807, 2.05) is 0 Å². The van der Waals surface area contributed by atoms with E-state index in [0.717, 1.165) is 0 Å². The van der Waals surface area contributed by atoms with E-state index in [4.69, 9.17) is 28.5 Å². The van der Waals surface area contributed by atoms with Gasteiger partial charge < -0.3 is 0 Å². The lowest BCUT2D eigenvalue weighted by Crippen LogP contribution is -2.02. The molecule has 0 aromatic carbocycles. The van der Waals surface area contributed by atoms with E-state index in [2.05, 4.69) is 4.99 Å². The van der Waals surface area contributed by atoms with Crippen LogP contribution in [0.4, 0.5) is 0 Å². The predicted molar refractivity (Wildman–Crippen MR) is 31.8 cm³/mol. The van der Waals surface area contributed by atoms with Gasteiger partial charge in [-0.3, -0.25) is 0 Å². The molecule has 0 aromatic heterocycles. The van der Waals surface area contributed by atoms with Crippen molar-refractivity contribution in [1.29, 1.82) is 5.26 Å². The van der Waals surface area contributed by atoms with Gasteiger partial charge in [-0.05, 0) is 0 Å². The molecule has 0 saturated carbocycles. The lowest BCUT2D eigenvalue weighted by atomic mass is 10.3. The Morgan fingerprint density at radius 1 is 1.50 bits per heavy atom. The number of nitriles is 1. The van der Waals surface area contributed by atoms with E-state index in [9.17, 15) is 0 Å². The first kappa shape index (κ1) is 5.61. The van der Waals surface area contributed by atoms with Crippen molar-refractivity contribution in [1.82, 2.24) is 0 Å². The molecule has 40 valence electrons. The van der Waals surface area contributed by atoms with Crippen molar-refractivity contribution in [2.24, 2.45) is 4.99 Å². The highest BCUT2D eigenvalue weighted by atomic mass is 35.5. The number of hydrogen-bond donors (Lipinski definition) is 0. The maximum absolute atomic E-state index is 8.17. The molecule has 8 heavy (non-hydrogen) atoms. The molecule has 0 spiro atoms. The molecule has 0 aliphatic carbocycles. The molecule has 1 heterocycles. The van der Waals surface area contributed by atoms with E-state index < -0.39 is 0 Å². The van der Waals surface area contributed by atoms with Crippen LogP contribution in [-0.2, 0) is 0 Å². The van der Waals surface area contributed by atoms with Crippen LogP contribution in [0, 0.1) is 11.3 Å². The molecule has 0 amide bonds. The average molecular weight is 147 g/mol. The van der Waals surface area contributed by atoms with Crippen LogP contribution in [0.5, 0.6) is 0 Å². The molecule has 2 nitrogen and oxygen atoms in total. The molecule has 1 rings (SSSR count). The van der Waals surface area contributed by atoms with Gasteiger partial charge in [0.2, 0.25) is 0 Å². The molecule has 4 heteroatoms. The number of hydrogen-bond acceptors (Lipinski definition) is 2. The molecule has 0 N–H and O–H groups in total. The fourth-order valence-corrected chi connectivity index (χ4v) is 0.847. The van der Waals surface area contributed by atoms with Crippen LogP contribution in [0.15, 0.2) is 15.7 Å². The van der Waals surface area contributed by atoms with E-state index in [1.165, 1.54) is 0 Å². The Bertz CT molecular complexity index is 221. The van der Waals surface area contributed by atoms with E-state index in [-0.39, 0.29) is 15.9 Å². The molecule has 0 unspecified atom stereocenters. The van der Waals surface area contributed by atoms with Gasteiger partial charge in [-0.1, -0.05) is 23.2 Å². The quantitative estimate of drug-likeness (QED) is 0.479. The Labute approximate surface area is 56.0 Å². The average Bonchev–Trinajstić information content (AvgIpc) is 1.67.